The highest BCUT2D eigenvalue weighted by molar-refractivity contribution is 7.99. The van der Waals surface area contributed by atoms with Crippen molar-refractivity contribution in [3.63, 3.8) is 0 Å². The van der Waals surface area contributed by atoms with Crippen LogP contribution in [0.25, 0.3) is 0 Å². The van der Waals surface area contributed by atoms with Gasteiger partial charge in [0.2, 0.25) is 0 Å². The second-order valence-electron chi connectivity index (χ2n) is 6.74. The van der Waals surface area contributed by atoms with Crippen molar-refractivity contribution >= 4 is 11.8 Å². The minimum Gasteiger partial charge on any atom is -1.00 e. The van der Waals surface area contributed by atoms with Crippen LogP contribution in [0.15, 0.2) is 58.3 Å². The molecule has 2 N–H and O–H groups in total. The molecule has 0 aromatic heterocycles. The molecule has 1 fully saturated rings. The predicted octanol–water partition coefficient (Wildman–Crippen LogP) is 1.19. The number of rotatable bonds is 2. The van der Waals surface area contributed by atoms with Crippen molar-refractivity contribution in [2.75, 3.05) is 20.1 Å². The maximum Gasteiger partial charge on any atom is 0.0160 e. The van der Waals surface area contributed by atoms with Crippen LogP contribution in [0.3, 0.4) is 0 Å². The lowest BCUT2D eigenvalue weighted by Crippen LogP contribution is -3.00. The van der Waals surface area contributed by atoms with Crippen molar-refractivity contribution in [2.24, 2.45) is 5.92 Å². The zero-order valence-electron chi connectivity index (χ0n) is 14.0. The Kier molecular flexibility index (Phi) is 6.76. The molecule has 4 rings (SSSR count). The zero-order valence-corrected chi connectivity index (χ0v) is 15.6. The summed E-state index contributed by atoms with van der Waals surface area (Å²) >= 11 is 1.94. The summed E-state index contributed by atoms with van der Waals surface area (Å²) in [4.78, 5) is 5.41. The Morgan fingerprint density at radius 2 is 1.58 bits per heavy atom. The van der Waals surface area contributed by atoms with Crippen molar-refractivity contribution in [1.82, 2.24) is 4.90 Å². The standard InChI is InChI=1S/C20H23NS.ClH.H2O/c1-21-12-6-7-15(14-21)13-18-16-8-2-4-10-19(16)22-20-11-5-3-9-17(18)20;;/h2-5,8-11,15,18H,6-7,12-14H2,1H3;1H;1H2/p-1. The average molecular weight is 363 g/mol. The van der Waals surface area contributed by atoms with Crippen LogP contribution in [0.5, 0.6) is 0 Å². The first-order valence-corrected chi connectivity index (χ1v) is 9.17. The smallest absolute Gasteiger partial charge is 0.0160 e. The van der Waals surface area contributed by atoms with Crippen molar-refractivity contribution in [1.29, 1.82) is 0 Å². The molecule has 0 radical (unpaired) electrons. The highest BCUT2D eigenvalue weighted by atomic mass is 35.5. The van der Waals surface area contributed by atoms with E-state index in [4.69, 9.17) is 0 Å². The molecule has 1 atom stereocenters. The van der Waals surface area contributed by atoms with Gasteiger partial charge >= 0.3 is 0 Å². The molecule has 0 bridgehead atoms. The number of halogens is 1. The van der Waals surface area contributed by atoms with Gasteiger partial charge in [0.15, 0.2) is 0 Å². The van der Waals surface area contributed by atoms with Crippen molar-refractivity contribution < 1.29 is 17.9 Å². The van der Waals surface area contributed by atoms with E-state index in [0.717, 1.165) is 5.92 Å². The quantitative estimate of drug-likeness (QED) is 0.804. The molecule has 2 nitrogen and oxygen atoms in total. The van der Waals surface area contributed by atoms with E-state index < -0.39 is 0 Å². The van der Waals surface area contributed by atoms with Crippen LogP contribution >= 0.6 is 11.8 Å². The van der Waals surface area contributed by atoms with E-state index in [1.807, 2.05) is 11.8 Å². The molecular formula is C20H25ClNOS-. The fraction of sp³-hybridized carbons (Fsp3) is 0.400. The highest BCUT2D eigenvalue weighted by Crippen LogP contribution is 2.48. The SMILES string of the molecule is CN1CCCC(CC2c3ccccc3Sc3ccccc32)C1.O.[Cl-]. The molecule has 1 saturated heterocycles. The first kappa shape index (κ1) is 19.3. The molecule has 24 heavy (non-hydrogen) atoms. The molecule has 0 aliphatic carbocycles. The van der Waals surface area contributed by atoms with E-state index >= 15 is 0 Å². The summed E-state index contributed by atoms with van der Waals surface area (Å²) in [5.74, 6) is 1.40. The maximum atomic E-state index is 2.50. The minimum atomic E-state index is 0. The van der Waals surface area contributed by atoms with Gasteiger partial charge in [0, 0.05) is 22.3 Å². The fourth-order valence-corrected chi connectivity index (χ4v) is 5.25. The van der Waals surface area contributed by atoms with E-state index in [1.165, 1.54) is 42.1 Å². The largest absolute Gasteiger partial charge is 1.00 e. The Morgan fingerprint density at radius 1 is 1.00 bits per heavy atom. The molecule has 2 aromatic rings. The van der Waals surface area contributed by atoms with Gasteiger partial charge in [-0.1, -0.05) is 48.2 Å². The number of likely N-dealkylation sites (tertiary alicyclic amines) is 1. The molecule has 130 valence electrons. The Morgan fingerprint density at radius 3 is 2.17 bits per heavy atom. The number of piperidine rings is 1. The Labute approximate surface area is 155 Å². The zero-order chi connectivity index (χ0) is 14.9. The summed E-state index contributed by atoms with van der Waals surface area (Å²) in [5, 5.41) is 0. The first-order chi connectivity index (χ1) is 10.8. The molecule has 4 heteroatoms. The van der Waals surface area contributed by atoms with E-state index in [0.29, 0.717) is 5.92 Å². The van der Waals surface area contributed by atoms with Gasteiger partial charge in [-0.2, -0.15) is 0 Å². The van der Waals surface area contributed by atoms with Gasteiger partial charge in [-0.3, -0.25) is 0 Å². The fourth-order valence-electron chi connectivity index (χ4n) is 4.06. The van der Waals surface area contributed by atoms with Crippen molar-refractivity contribution in [3.05, 3.63) is 59.7 Å². The summed E-state index contributed by atoms with van der Waals surface area (Å²) in [5.41, 5.74) is 3.08. The number of benzene rings is 2. The van der Waals surface area contributed by atoms with Gasteiger partial charge < -0.3 is 22.8 Å². The third kappa shape index (κ3) is 3.80. The van der Waals surface area contributed by atoms with Crippen molar-refractivity contribution in [3.8, 4) is 0 Å². The van der Waals surface area contributed by atoms with E-state index in [-0.39, 0.29) is 17.9 Å². The monoisotopic (exact) mass is 362 g/mol. The molecule has 2 aliphatic rings. The maximum absolute atomic E-state index is 2.50. The Hall–Kier alpha value is -1.00. The molecule has 0 spiro atoms. The Bertz CT molecular complexity index is 633. The summed E-state index contributed by atoms with van der Waals surface area (Å²) in [6, 6.07) is 18.0. The molecule has 0 saturated carbocycles. The number of hydrogen-bond acceptors (Lipinski definition) is 2. The Balaban J connectivity index is 0.00000104. The predicted molar refractivity (Wildman–Crippen MR) is 97.3 cm³/mol. The van der Waals surface area contributed by atoms with Crippen LogP contribution in [0.2, 0.25) is 0 Å². The van der Waals surface area contributed by atoms with Crippen LogP contribution < -0.4 is 12.4 Å². The third-order valence-corrected chi connectivity index (χ3v) is 6.28. The summed E-state index contributed by atoms with van der Waals surface area (Å²) < 4.78 is 0. The van der Waals surface area contributed by atoms with Gasteiger partial charge in [0.1, 0.15) is 0 Å². The number of fused-ring (bicyclic) bond motifs is 2. The minimum absolute atomic E-state index is 0. The van der Waals surface area contributed by atoms with Crippen LogP contribution in [0.1, 0.15) is 36.3 Å². The molecule has 0 amide bonds. The summed E-state index contributed by atoms with van der Waals surface area (Å²) in [6.45, 7) is 2.53. The lowest BCUT2D eigenvalue weighted by molar-refractivity contribution is -0.00000565. The van der Waals surface area contributed by atoms with Crippen LogP contribution in [-0.4, -0.2) is 30.5 Å². The van der Waals surface area contributed by atoms with E-state index in [2.05, 4.69) is 60.5 Å². The average Bonchev–Trinajstić information content (AvgIpc) is 2.55. The van der Waals surface area contributed by atoms with Gasteiger partial charge in [-0.15, -0.1) is 0 Å². The normalized spacial score (nSPS) is 20.3. The van der Waals surface area contributed by atoms with Gasteiger partial charge in [0.05, 0.1) is 0 Å². The second-order valence-corrected chi connectivity index (χ2v) is 7.82. The molecule has 2 aromatic carbocycles. The van der Waals surface area contributed by atoms with Gasteiger partial charge in [0.25, 0.3) is 0 Å². The summed E-state index contributed by atoms with van der Waals surface area (Å²) in [7, 11) is 2.27. The highest BCUT2D eigenvalue weighted by Gasteiger charge is 2.29. The molecule has 2 heterocycles. The molecular weight excluding hydrogens is 338 g/mol. The first-order valence-electron chi connectivity index (χ1n) is 8.35. The number of nitrogens with zero attached hydrogens (tertiary/aromatic N) is 1. The lowest BCUT2D eigenvalue weighted by atomic mass is 9.80. The lowest BCUT2D eigenvalue weighted by Gasteiger charge is -2.35. The van der Waals surface area contributed by atoms with E-state index in [9.17, 15) is 0 Å². The van der Waals surface area contributed by atoms with Crippen molar-refractivity contribution in [2.45, 2.75) is 35.0 Å². The van der Waals surface area contributed by atoms with Crippen LogP contribution in [-0.2, 0) is 0 Å². The summed E-state index contributed by atoms with van der Waals surface area (Å²) in [6.07, 6.45) is 4.03. The van der Waals surface area contributed by atoms with Crippen LogP contribution in [0.4, 0.5) is 0 Å². The van der Waals surface area contributed by atoms with Gasteiger partial charge in [-0.05, 0) is 62.0 Å². The van der Waals surface area contributed by atoms with Crippen LogP contribution in [0, 0.1) is 5.92 Å². The number of hydrogen-bond donors (Lipinski definition) is 0. The molecule has 1 unspecified atom stereocenters. The topological polar surface area (TPSA) is 34.7 Å². The molecule has 2 aliphatic heterocycles. The third-order valence-electron chi connectivity index (χ3n) is 5.10. The van der Waals surface area contributed by atoms with E-state index in [1.54, 1.807) is 11.1 Å². The van der Waals surface area contributed by atoms with Gasteiger partial charge in [-0.25, -0.2) is 0 Å². The second kappa shape index (κ2) is 8.39.